The highest BCUT2D eigenvalue weighted by Gasteiger charge is 2.57. The monoisotopic (exact) mass is 348 g/mol. The first-order valence-electron chi connectivity index (χ1n) is 8.28. The molecule has 0 spiro atoms. The van der Waals surface area contributed by atoms with E-state index in [-0.39, 0.29) is 35.0 Å². The number of nitrogens with zero attached hydrogens (tertiary/aromatic N) is 2. The van der Waals surface area contributed by atoms with Crippen molar-refractivity contribution in [3.63, 3.8) is 0 Å². The van der Waals surface area contributed by atoms with Crippen LogP contribution in [0, 0.1) is 24.7 Å². The number of H-pyrrole nitrogens is 1. The van der Waals surface area contributed by atoms with Crippen LogP contribution in [-0.2, 0) is 4.79 Å². The lowest BCUT2D eigenvalue weighted by Gasteiger charge is -2.23. The Morgan fingerprint density at radius 2 is 2.12 bits per heavy atom. The van der Waals surface area contributed by atoms with Crippen molar-refractivity contribution in [2.45, 2.75) is 19.4 Å². The Bertz CT molecular complexity index is 731. The maximum atomic E-state index is 12.4. The van der Waals surface area contributed by atoms with Crippen molar-refractivity contribution in [2.24, 2.45) is 17.8 Å². The number of aryl methyl sites for hydroxylation is 1. The minimum Gasteiger partial charge on any atom is -0.347 e. The zero-order valence-corrected chi connectivity index (χ0v) is 14.3. The van der Waals surface area contributed by atoms with Gasteiger partial charge >= 0.3 is 0 Å². The van der Waals surface area contributed by atoms with Gasteiger partial charge in [0.15, 0.2) is 0 Å². The van der Waals surface area contributed by atoms with Gasteiger partial charge in [0, 0.05) is 48.7 Å². The molecule has 7 nitrogen and oxygen atoms in total. The average Bonchev–Trinajstić information content (AvgIpc) is 2.99. The number of likely N-dealkylation sites (tertiary alicyclic amines) is 1. The second kappa shape index (κ2) is 5.91. The van der Waals surface area contributed by atoms with Crippen LogP contribution >= 0.6 is 11.8 Å². The van der Waals surface area contributed by atoms with E-state index < -0.39 is 0 Å². The van der Waals surface area contributed by atoms with Gasteiger partial charge in [-0.1, -0.05) is 0 Å². The van der Waals surface area contributed by atoms with Crippen LogP contribution in [0.4, 0.5) is 0 Å². The summed E-state index contributed by atoms with van der Waals surface area (Å²) in [5.41, 5.74) is -0.174. The smallest absolute Gasteiger partial charge is 0.270 e. The van der Waals surface area contributed by atoms with E-state index >= 15 is 0 Å². The van der Waals surface area contributed by atoms with Crippen LogP contribution in [0.5, 0.6) is 0 Å². The second-order valence-corrected chi connectivity index (χ2v) is 8.00. The van der Waals surface area contributed by atoms with Crippen molar-refractivity contribution in [1.82, 2.24) is 20.2 Å². The number of carbonyl (C=O) groups excluding carboxylic acids is 2. The minimum atomic E-state index is -0.324. The average molecular weight is 348 g/mol. The summed E-state index contributed by atoms with van der Waals surface area (Å²) in [6.07, 6.45) is 0.989. The fraction of sp³-hybridized carbons (Fsp3) is 0.625. The van der Waals surface area contributed by atoms with Gasteiger partial charge < -0.3 is 15.2 Å². The van der Waals surface area contributed by atoms with Crippen molar-refractivity contribution >= 4 is 23.6 Å². The summed E-state index contributed by atoms with van der Waals surface area (Å²) in [6.45, 7) is 3.11. The van der Waals surface area contributed by atoms with E-state index in [1.54, 1.807) is 6.92 Å². The summed E-state index contributed by atoms with van der Waals surface area (Å²) in [5.74, 6) is 3.29. The number of piperidine rings is 1. The molecule has 3 heterocycles. The molecule has 2 aliphatic heterocycles. The predicted octanol–water partition coefficient (Wildman–Crippen LogP) is 0.0180. The molecular weight excluding hydrogens is 328 g/mol. The van der Waals surface area contributed by atoms with E-state index in [9.17, 15) is 14.4 Å². The number of rotatable bonds is 3. The summed E-state index contributed by atoms with van der Waals surface area (Å²) >= 11 is 1.85. The molecule has 0 bridgehead atoms. The number of amides is 2. The van der Waals surface area contributed by atoms with Crippen LogP contribution in [0.25, 0.3) is 0 Å². The number of hydrogen-bond acceptors (Lipinski definition) is 5. The molecule has 128 valence electrons. The molecule has 1 saturated carbocycles. The molecule has 1 aromatic rings. The molecule has 2 unspecified atom stereocenters. The fourth-order valence-corrected chi connectivity index (χ4v) is 5.04. The lowest BCUT2D eigenvalue weighted by Crippen LogP contribution is -2.40. The molecule has 1 aliphatic carbocycles. The van der Waals surface area contributed by atoms with Gasteiger partial charge in [0.2, 0.25) is 5.91 Å². The molecule has 1 aromatic heterocycles. The van der Waals surface area contributed by atoms with Crippen LogP contribution in [-0.4, -0.2) is 57.3 Å². The Hall–Kier alpha value is -1.83. The summed E-state index contributed by atoms with van der Waals surface area (Å²) in [5, 5.41) is 2.96. The highest BCUT2D eigenvalue weighted by Crippen LogP contribution is 2.46. The largest absolute Gasteiger partial charge is 0.347 e. The summed E-state index contributed by atoms with van der Waals surface area (Å²) in [4.78, 5) is 44.7. The molecule has 2 saturated heterocycles. The number of hydrogen-bond donors (Lipinski definition) is 2. The van der Waals surface area contributed by atoms with Crippen molar-refractivity contribution in [2.75, 3.05) is 24.6 Å². The molecular formula is C16H20N4O3S. The SMILES string of the molecule is Cc1nc(C(=O)NC2[C@H]3CN(C(=O)C4CCSC4)C[C@@H]23)cc(=O)[nH]1. The van der Waals surface area contributed by atoms with Gasteiger partial charge in [0.25, 0.3) is 11.5 Å². The van der Waals surface area contributed by atoms with Gasteiger partial charge in [-0.25, -0.2) is 4.98 Å². The van der Waals surface area contributed by atoms with Gasteiger partial charge in [-0.15, -0.1) is 0 Å². The van der Waals surface area contributed by atoms with E-state index in [1.165, 1.54) is 6.07 Å². The Morgan fingerprint density at radius 1 is 1.38 bits per heavy atom. The summed E-state index contributed by atoms with van der Waals surface area (Å²) in [7, 11) is 0. The van der Waals surface area contributed by atoms with Crippen LogP contribution in [0.1, 0.15) is 22.7 Å². The minimum absolute atomic E-state index is 0.0981. The van der Waals surface area contributed by atoms with Crippen molar-refractivity contribution in [1.29, 1.82) is 0 Å². The second-order valence-electron chi connectivity index (χ2n) is 6.85. The Kier molecular flexibility index (Phi) is 3.86. The quantitative estimate of drug-likeness (QED) is 0.803. The first kappa shape index (κ1) is 15.7. The van der Waals surface area contributed by atoms with Crippen LogP contribution in [0.15, 0.2) is 10.9 Å². The standard InChI is InChI=1S/C16H20N4O3S/c1-8-17-12(4-13(21)18-8)15(22)19-14-10-5-20(6-11(10)14)16(23)9-2-3-24-7-9/h4,9-11,14H,2-3,5-7H2,1H3,(H,19,22)(H,17,18,21)/t9?,10-,11+,14?. The van der Waals surface area contributed by atoms with Crippen LogP contribution in [0.3, 0.4) is 0 Å². The molecule has 2 amide bonds. The van der Waals surface area contributed by atoms with E-state index in [2.05, 4.69) is 15.3 Å². The predicted molar refractivity (Wildman–Crippen MR) is 89.8 cm³/mol. The zero-order chi connectivity index (χ0) is 16.8. The molecule has 24 heavy (non-hydrogen) atoms. The third-order valence-electron chi connectivity index (χ3n) is 5.18. The lowest BCUT2D eigenvalue weighted by atomic mass is 10.1. The molecule has 2 N–H and O–H groups in total. The van der Waals surface area contributed by atoms with Gasteiger partial charge in [-0.3, -0.25) is 14.4 Å². The normalized spacial score (nSPS) is 31.0. The molecule has 8 heteroatoms. The van der Waals surface area contributed by atoms with Gasteiger partial charge in [-0.05, 0) is 19.1 Å². The first-order chi connectivity index (χ1) is 11.5. The van der Waals surface area contributed by atoms with Crippen LogP contribution < -0.4 is 10.9 Å². The highest BCUT2D eigenvalue weighted by molar-refractivity contribution is 7.99. The van der Waals surface area contributed by atoms with E-state index in [4.69, 9.17) is 0 Å². The highest BCUT2D eigenvalue weighted by atomic mass is 32.2. The molecule has 3 aliphatic rings. The van der Waals surface area contributed by atoms with Crippen molar-refractivity contribution in [3.8, 4) is 0 Å². The number of nitrogens with one attached hydrogen (secondary N) is 2. The van der Waals surface area contributed by atoms with E-state index in [0.29, 0.717) is 17.7 Å². The van der Waals surface area contributed by atoms with Crippen molar-refractivity contribution < 1.29 is 9.59 Å². The third-order valence-corrected chi connectivity index (χ3v) is 6.34. The Balaban J connectivity index is 1.33. The van der Waals surface area contributed by atoms with E-state index in [1.807, 2.05) is 16.7 Å². The number of fused-ring (bicyclic) bond motifs is 1. The number of carbonyl (C=O) groups is 2. The van der Waals surface area contributed by atoms with Crippen molar-refractivity contribution in [3.05, 3.63) is 27.9 Å². The summed E-state index contributed by atoms with van der Waals surface area (Å²) < 4.78 is 0. The zero-order valence-electron chi connectivity index (χ0n) is 13.4. The maximum Gasteiger partial charge on any atom is 0.270 e. The lowest BCUT2D eigenvalue weighted by molar-refractivity contribution is -0.134. The molecule has 0 radical (unpaired) electrons. The van der Waals surface area contributed by atoms with Gasteiger partial charge in [0.05, 0.1) is 0 Å². The van der Waals surface area contributed by atoms with Gasteiger partial charge in [-0.2, -0.15) is 11.8 Å². The molecule has 4 atom stereocenters. The molecule has 4 rings (SSSR count). The first-order valence-corrected chi connectivity index (χ1v) is 9.44. The molecule has 3 fully saturated rings. The van der Waals surface area contributed by atoms with Gasteiger partial charge in [0.1, 0.15) is 11.5 Å². The fourth-order valence-electron chi connectivity index (χ4n) is 3.83. The molecule has 0 aromatic carbocycles. The number of thioether (sulfide) groups is 1. The number of aromatic amines is 1. The van der Waals surface area contributed by atoms with E-state index in [0.717, 1.165) is 31.0 Å². The maximum absolute atomic E-state index is 12.4. The summed E-state index contributed by atoms with van der Waals surface area (Å²) in [6, 6.07) is 1.31. The third kappa shape index (κ3) is 2.83. The topological polar surface area (TPSA) is 95.2 Å². The number of aromatic nitrogens is 2. The Morgan fingerprint density at radius 3 is 2.75 bits per heavy atom. The Labute approximate surface area is 143 Å². The van der Waals surface area contributed by atoms with Crippen LogP contribution in [0.2, 0.25) is 0 Å².